The molecule has 0 aliphatic rings. The van der Waals surface area contributed by atoms with Gasteiger partial charge in [-0.05, 0) is 42.9 Å². The fourth-order valence-electron chi connectivity index (χ4n) is 2.23. The molecule has 0 radical (unpaired) electrons. The molecule has 5 nitrogen and oxygen atoms in total. The second-order valence-corrected chi connectivity index (χ2v) is 6.24. The number of esters is 1. The summed E-state index contributed by atoms with van der Waals surface area (Å²) in [6.45, 7) is 0.927. The Kier molecular flexibility index (Phi) is 6.52. The van der Waals surface area contributed by atoms with Crippen LogP contribution in [-0.2, 0) is 16.1 Å². The lowest BCUT2D eigenvalue weighted by Crippen LogP contribution is -2.29. The molecule has 0 aliphatic carbocycles. The van der Waals surface area contributed by atoms with Gasteiger partial charge in [0.2, 0.25) is 5.91 Å². The number of methoxy groups -OCH3 is 1. The van der Waals surface area contributed by atoms with Crippen molar-refractivity contribution in [1.82, 2.24) is 4.90 Å². The van der Waals surface area contributed by atoms with Crippen molar-refractivity contribution in [2.75, 3.05) is 26.0 Å². The van der Waals surface area contributed by atoms with Gasteiger partial charge in [0.25, 0.3) is 0 Å². The first-order valence-corrected chi connectivity index (χ1v) is 8.19. The molecule has 0 saturated carbocycles. The van der Waals surface area contributed by atoms with E-state index in [2.05, 4.69) is 26.0 Å². The van der Waals surface area contributed by atoms with Gasteiger partial charge in [0.15, 0.2) is 0 Å². The Morgan fingerprint density at radius 1 is 1.12 bits per heavy atom. The number of carbonyl (C=O) groups is 2. The first-order valence-electron chi connectivity index (χ1n) is 7.40. The molecule has 126 valence electrons. The summed E-state index contributed by atoms with van der Waals surface area (Å²) in [4.78, 5) is 25.4. The summed E-state index contributed by atoms with van der Waals surface area (Å²) in [6.07, 6.45) is 0. The second-order valence-electron chi connectivity index (χ2n) is 5.38. The van der Waals surface area contributed by atoms with Gasteiger partial charge in [0, 0.05) is 16.7 Å². The van der Waals surface area contributed by atoms with Crippen LogP contribution in [0.3, 0.4) is 0 Å². The molecule has 2 aromatic carbocycles. The number of amides is 1. The molecule has 1 N–H and O–H groups in total. The van der Waals surface area contributed by atoms with Gasteiger partial charge in [-0.1, -0.05) is 34.1 Å². The largest absolute Gasteiger partial charge is 0.465 e. The van der Waals surface area contributed by atoms with Gasteiger partial charge in [-0.3, -0.25) is 9.69 Å². The fraction of sp³-hybridized carbons (Fsp3) is 0.222. The van der Waals surface area contributed by atoms with Crippen LogP contribution in [0.25, 0.3) is 0 Å². The van der Waals surface area contributed by atoms with Crippen molar-refractivity contribution >= 4 is 33.5 Å². The number of likely N-dealkylation sites (N-methyl/N-ethyl adjacent to an activating group) is 1. The highest BCUT2D eigenvalue weighted by Gasteiger charge is 2.10. The van der Waals surface area contributed by atoms with Gasteiger partial charge in [-0.2, -0.15) is 0 Å². The number of nitrogens with one attached hydrogen (secondary N) is 1. The highest BCUT2D eigenvalue weighted by atomic mass is 79.9. The molecular formula is C18H19BrN2O3. The zero-order chi connectivity index (χ0) is 17.5. The standard InChI is InChI=1S/C18H19BrN2O3/c1-21(11-14-5-3-4-6-16(14)19)12-17(22)20-15-9-7-13(8-10-15)18(23)24-2/h3-10H,11-12H2,1-2H3,(H,20,22). The first kappa shape index (κ1) is 18.2. The lowest BCUT2D eigenvalue weighted by Gasteiger charge is -2.17. The Balaban J connectivity index is 1.88. The number of hydrogen-bond acceptors (Lipinski definition) is 4. The predicted octanol–water partition coefficient (Wildman–Crippen LogP) is 3.31. The Morgan fingerprint density at radius 2 is 1.79 bits per heavy atom. The van der Waals surface area contributed by atoms with Crippen LogP contribution in [0.15, 0.2) is 53.0 Å². The predicted molar refractivity (Wildman–Crippen MR) is 96.9 cm³/mol. The molecule has 2 aromatic rings. The maximum atomic E-state index is 12.1. The molecule has 0 saturated heterocycles. The van der Waals surface area contributed by atoms with Gasteiger partial charge in [-0.25, -0.2) is 4.79 Å². The summed E-state index contributed by atoms with van der Waals surface area (Å²) < 4.78 is 5.66. The molecule has 0 unspecified atom stereocenters. The molecule has 2 rings (SSSR count). The average molecular weight is 391 g/mol. The van der Waals surface area contributed by atoms with Crippen LogP contribution in [0.5, 0.6) is 0 Å². The van der Waals surface area contributed by atoms with Crippen molar-refractivity contribution in [3.63, 3.8) is 0 Å². The van der Waals surface area contributed by atoms with Crippen LogP contribution in [-0.4, -0.2) is 37.5 Å². The van der Waals surface area contributed by atoms with Crippen molar-refractivity contribution < 1.29 is 14.3 Å². The maximum Gasteiger partial charge on any atom is 0.337 e. The summed E-state index contributed by atoms with van der Waals surface area (Å²) in [6, 6.07) is 14.5. The minimum Gasteiger partial charge on any atom is -0.465 e. The molecule has 0 bridgehead atoms. The highest BCUT2D eigenvalue weighted by Crippen LogP contribution is 2.17. The normalized spacial score (nSPS) is 10.5. The Morgan fingerprint density at radius 3 is 2.42 bits per heavy atom. The van der Waals surface area contributed by atoms with Crippen LogP contribution in [0.2, 0.25) is 0 Å². The van der Waals surface area contributed by atoms with Crippen molar-refractivity contribution in [3.05, 3.63) is 64.1 Å². The molecule has 0 atom stereocenters. The van der Waals surface area contributed by atoms with Crippen molar-refractivity contribution in [1.29, 1.82) is 0 Å². The number of nitrogens with zero attached hydrogens (tertiary/aromatic N) is 1. The van der Waals surface area contributed by atoms with Crippen LogP contribution in [0.4, 0.5) is 5.69 Å². The SMILES string of the molecule is COC(=O)c1ccc(NC(=O)CN(C)Cc2ccccc2Br)cc1. The quantitative estimate of drug-likeness (QED) is 0.768. The van der Waals surface area contributed by atoms with E-state index in [1.165, 1.54) is 7.11 Å². The third-order valence-electron chi connectivity index (χ3n) is 3.40. The summed E-state index contributed by atoms with van der Waals surface area (Å²) in [5.41, 5.74) is 2.21. The molecule has 6 heteroatoms. The first-order chi connectivity index (χ1) is 11.5. The maximum absolute atomic E-state index is 12.1. The van der Waals surface area contributed by atoms with Gasteiger partial charge in [0.05, 0.1) is 19.2 Å². The van der Waals surface area contributed by atoms with Crippen LogP contribution in [0.1, 0.15) is 15.9 Å². The molecule has 1 amide bonds. The summed E-state index contributed by atoms with van der Waals surface area (Å²) in [5.74, 6) is -0.517. The van der Waals surface area contributed by atoms with Crippen LogP contribution < -0.4 is 5.32 Å². The second kappa shape index (κ2) is 8.61. The average Bonchev–Trinajstić information content (AvgIpc) is 2.56. The molecule has 24 heavy (non-hydrogen) atoms. The lowest BCUT2D eigenvalue weighted by molar-refractivity contribution is -0.117. The molecule has 0 aromatic heterocycles. The lowest BCUT2D eigenvalue weighted by atomic mass is 10.2. The highest BCUT2D eigenvalue weighted by molar-refractivity contribution is 9.10. The zero-order valence-corrected chi connectivity index (χ0v) is 15.2. The van der Waals surface area contributed by atoms with Gasteiger partial charge < -0.3 is 10.1 Å². The number of benzene rings is 2. The minimum absolute atomic E-state index is 0.115. The van der Waals surface area contributed by atoms with E-state index in [0.29, 0.717) is 17.8 Å². The summed E-state index contributed by atoms with van der Waals surface area (Å²) >= 11 is 3.50. The van der Waals surface area contributed by atoms with Gasteiger partial charge >= 0.3 is 5.97 Å². The number of ether oxygens (including phenoxy) is 1. The van der Waals surface area contributed by atoms with Crippen LogP contribution in [0, 0.1) is 0 Å². The molecule has 0 spiro atoms. The van der Waals surface area contributed by atoms with E-state index >= 15 is 0 Å². The molecule has 0 fully saturated rings. The Labute approximate surface area is 149 Å². The Bertz CT molecular complexity index is 716. The summed E-state index contributed by atoms with van der Waals surface area (Å²) in [7, 11) is 3.22. The van der Waals surface area contributed by atoms with E-state index < -0.39 is 5.97 Å². The Hall–Kier alpha value is -2.18. The van der Waals surface area contributed by atoms with Gasteiger partial charge in [0.1, 0.15) is 0 Å². The third-order valence-corrected chi connectivity index (χ3v) is 4.17. The third kappa shape index (κ3) is 5.18. The van der Waals surface area contributed by atoms with E-state index in [4.69, 9.17) is 0 Å². The molecule has 0 aliphatic heterocycles. The van der Waals surface area contributed by atoms with Crippen molar-refractivity contribution in [2.45, 2.75) is 6.54 Å². The number of halogens is 1. The number of anilines is 1. The topological polar surface area (TPSA) is 58.6 Å². The minimum atomic E-state index is -0.402. The number of carbonyl (C=O) groups excluding carboxylic acids is 2. The smallest absolute Gasteiger partial charge is 0.337 e. The van der Waals surface area contributed by atoms with Crippen molar-refractivity contribution in [2.24, 2.45) is 0 Å². The monoisotopic (exact) mass is 390 g/mol. The van der Waals surface area contributed by atoms with E-state index in [1.807, 2.05) is 36.2 Å². The fourth-order valence-corrected chi connectivity index (χ4v) is 2.64. The van der Waals surface area contributed by atoms with Crippen LogP contribution >= 0.6 is 15.9 Å². The van der Waals surface area contributed by atoms with E-state index in [-0.39, 0.29) is 12.5 Å². The van der Waals surface area contributed by atoms with E-state index in [9.17, 15) is 9.59 Å². The summed E-state index contributed by atoms with van der Waals surface area (Å²) in [5, 5.41) is 2.81. The van der Waals surface area contributed by atoms with Gasteiger partial charge in [-0.15, -0.1) is 0 Å². The number of rotatable bonds is 6. The molecule has 0 heterocycles. The van der Waals surface area contributed by atoms with E-state index in [1.54, 1.807) is 24.3 Å². The van der Waals surface area contributed by atoms with E-state index in [0.717, 1.165) is 10.0 Å². The van der Waals surface area contributed by atoms with Crippen molar-refractivity contribution in [3.8, 4) is 0 Å². The zero-order valence-electron chi connectivity index (χ0n) is 13.6. The number of hydrogen-bond donors (Lipinski definition) is 1. The molecular weight excluding hydrogens is 372 g/mol.